The Morgan fingerprint density at radius 2 is 2.00 bits per heavy atom. The topological polar surface area (TPSA) is 65.2 Å². The van der Waals surface area contributed by atoms with Crippen LogP contribution in [0.1, 0.15) is 22.1 Å². The van der Waals surface area contributed by atoms with Crippen LogP contribution in [-0.2, 0) is 4.79 Å². The second-order valence-corrected chi connectivity index (χ2v) is 6.48. The quantitative estimate of drug-likeness (QED) is 0.726. The van der Waals surface area contributed by atoms with E-state index < -0.39 is 17.8 Å². The maximum absolute atomic E-state index is 13.6. The van der Waals surface area contributed by atoms with E-state index in [1.54, 1.807) is 6.07 Å². The predicted molar refractivity (Wildman–Crippen MR) is 96.5 cm³/mol. The fraction of sp³-hybridized carbons (Fsp3) is 0.158. The van der Waals surface area contributed by atoms with E-state index in [9.17, 15) is 14.0 Å². The van der Waals surface area contributed by atoms with Crippen molar-refractivity contribution in [2.45, 2.75) is 6.04 Å². The second kappa shape index (κ2) is 6.46. The number of hydrogen-bond donors (Lipinski definition) is 2. The van der Waals surface area contributed by atoms with Crippen molar-refractivity contribution >= 4 is 34.3 Å². The molecule has 2 heterocycles. The standard InChI is InChI=1S/C19H15ClFN3O2/c20-15-13-6-1-2-7-14(13)23-16(15)19(26)24-9-8-22-18(25)17(24)11-4-3-5-12(21)10-11/h1-7,10,17,23H,8-9H2,(H,22,25)/t17-/m1/s1. The maximum Gasteiger partial charge on any atom is 0.272 e. The van der Waals surface area contributed by atoms with Crippen LogP contribution in [0.4, 0.5) is 4.39 Å². The van der Waals surface area contributed by atoms with Crippen LogP contribution < -0.4 is 5.32 Å². The lowest BCUT2D eigenvalue weighted by molar-refractivity contribution is -0.128. The molecule has 1 saturated heterocycles. The number of H-pyrrole nitrogens is 1. The minimum atomic E-state index is -0.908. The lowest BCUT2D eigenvalue weighted by Gasteiger charge is -2.35. The number of rotatable bonds is 2. The van der Waals surface area contributed by atoms with Crippen LogP contribution in [0.5, 0.6) is 0 Å². The highest BCUT2D eigenvalue weighted by molar-refractivity contribution is 6.38. The van der Waals surface area contributed by atoms with Crippen LogP contribution >= 0.6 is 11.6 Å². The van der Waals surface area contributed by atoms with E-state index >= 15 is 0 Å². The smallest absolute Gasteiger partial charge is 0.272 e. The van der Waals surface area contributed by atoms with Crippen LogP contribution in [-0.4, -0.2) is 34.8 Å². The number of piperazine rings is 1. The van der Waals surface area contributed by atoms with Crippen LogP contribution in [0.25, 0.3) is 10.9 Å². The van der Waals surface area contributed by atoms with Gasteiger partial charge in [0.2, 0.25) is 5.91 Å². The summed E-state index contributed by atoms with van der Waals surface area (Å²) >= 11 is 6.39. The van der Waals surface area contributed by atoms with Crippen LogP contribution in [0.3, 0.4) is 0 Å². The number of fused-ring (bicyclic) bond motifs is 1. The van der Waals surface area contributed by atoms with Crippen molar-refractivity contribution < 1.29 is 14.0 Å². The van der Waals surface area contributed by atoms with Gasteiger partial charge >= 0.3 is 0 Å². The molecular weight excluding hydrogens is 357 g/mol. The Hall–Kier alpha value is -2.86. The number of amides is 2. The van der Waals surface area contributed by atoms with E-state index in [1.165, 1.54) is 23.1 Å². The predicted octanol–water partition coefficient (Wildman–Crippen LogP) is 3.27. The molecule has 0 radical (unpaired) electrons. The molecule has 0 unspecified atom stereocenters. The summed E-state index contributed by atoms with van der Waals surface area (Å²) in [5.41, 5.74) is 1.39. The molecule has 1 aliphatic heterocycles. The molecule has 5 nitrogen and oxygen atoms in total. The maximum atomic E-state index is 13.6. The Labute approximate surface area is 153 Å². The Morgan fingerprint density at radius 3 is 2.77 bits per heavy atom. The fourth-order valence-electron chi connectivity index (χ4n) is 3.29. The molecule has 1 aromatic heterocycles. The summed E-state index contributed by atoms with van der Waals surface area (Å²) in [6.45, 7) is 0.631. The van der Waals surface area contributed by atoms with Crippen molar-refractivity contribution in [3.63, 3.8) is 0 Å². The zero-order valence-corrected chi connectivity index (χ0v) is 14.4. The highest BCUT2D eigenvalue weighted by atomic mass is 35.5. The molecule has 0 bridgehead atoms. The first-order chi connectivity index (χ1) is 12.6. The summed E-state index contributed by atoms with van der Waals surface area (Å²) in [5, 5.41) is 3.78. The van der Waals surface area contributed by atoms with E-state index in [0.29, 0.717) is 23.7 Å². The Balaban J connectivity index is 1.77. The van der Waals surface area contributed by atoms with Crippen LogP contribution in [0.2, 0.25) is 5.02 Å². The molecule has 26 heavy (non-hydrogen) atoms. The highest BCUT2D eigenvalue weighted by Crippen LogP contribution is 2.31. The molecule has 0 aliphatic carbocycles. The molecule has 2 amide bonds. The normalized spacial score (nSPS) is 17.4. The van der Waals surface area contributed by atoms with Crippen molar-refractivity contribution in [1.29, 1.82) is 0 Å². The minimum absolute atomic E-state index is 0.226. The van der Waals surface area contributed by atoms with Gasteiger partial charge in [-0.1, -0.05) is 41.9 Å². The molecule has 0 spiro atoms. The molecule has 4 rings (SSSR count). The van der Waals surface area contributed by atoms with Gasteiger partial charge in [0.05, 0.1) is 5.02 Å². The summed E-state index contributed by atoms with van der Waals surface area (Å²) in [5.74, 6) is -1.20. The molecule has 3 aromatic rings. The number of carbonyl (C=O) groups is 2. The highest BCUT2D eigenvalue weighted by Gasteiger charge is 2.36. The first-order valence-electron chi connectivity index (χ1n) is 8.16. The van der Waals surface area contributed by atoms with E-state index in [1.807, 2.05) is 24.3 Å². The molecule has 1 aliphatic rings. The first-order valence-corrected chi connectivity index (χ1v) is 8.54. The molecule has 7 heteroatoms. The molecule has 1 atom stereocenters. The van der Waals surface area contributed by atoms with Crippen LogP contribution in [0, 0.1) is 5.82 Å². The molecule has 2 aromatic carbocycles. The van der Waals surface area contributed by atoms with Gasteiger partial charge in [0.1, 0.15) is 17.6 Å². The van der Waals surface area contributed by atoms with Crippen molar-refractivity contribution in [2.24, 2.45) is 0 Å². The van der Waals surface area contributed by atoms with Crippen LogP contribution in [0.15, 0.2) is 48.5 Å². The van der Waals surface area contributed by atoms with Gasteiger partial charge in [0.25, 0.3) is 5.91 Å². The summed E-state index contributed by atoms with van der Waals surface area (Å²) in [6, 6.07) is 12.1. The lowest BCUT2D eigenvalue weighted by atomic mass is 10.0. The molecule has 2 N–H and O–H groups in total. The van der Waals surface area contributed by atoms with E-state index in [4.69, 9.17) is 11.6 Å². The number of nitrogens with one attached hydrogen (secondary N) is 2. The van der Waals surface area contributed by atoms with Crippen molar-refractivity contribution in [3.05, 3.63) is 70.6 Å². The van der Waals surface area contributed by atoms with E-state index in [2.05, 4.69) is 10.3 Å². The average molecular weight is 372 g/mol. The van der Waals surface area contributed by atoms with Gasteiger partial charge in [-0.15, -0.1) is 0 Å². The summed E-state index contributed by atoms with van der Waals surface area (Å²) in [4.78, 5) is 30.0. The number of aromatic nitrogens is 1. The SMILES string of the molecule is O=C1NCCN(C(=O)c2[nH]c3ccccc3c2Cl)[C@@H]1c1cccc(F)c1. The summed E-state index contributed by atoms with van der Waals surface area (Å²) in [7, 11) is 0. The Morgan fingerprint density at radius 1 is 1.19 bits per heavy atom. The third kappa shape index (κ3) is 2.72. The zero-order valence-electron chi connectivity index (χ0n) is 13.6. The molecule has 0 saturated carbocycles. The Kier molecular flexibility index (Phi) is 4.12. The third-order valence-corrected chi connectivity index (χ3v) is 4.89. The van der Waals surface area contributed by atoms with Gasteiger partial charge in [-0.2, -0.15) is 0 Å². The van der Waals surface area contributed by atoms with Gasteiger partial charge in [-0.3, -0.25) is 9.59 Å². The minimum Gasteiger partial charge on any atom is -0.352 e. The Bertz CT molecular complexity index is 1020. The van der Waals surface area contributed by atoms with Gasteiger partial charge < -0.3 is 15.2 Å². The van der Waals surface area contributed by atoms with Crippen molar-refractivity contribution in [2.75, 3.05) is 13.1 Å². The van der Waals surface area contributed by atoms with Crippen molar-refractivity contribution in [1.82, 2.24) is 15.2 Å². The average Bonchev–Trinajstić information content (AvgIpc) is 2.98. The largest absolute Gasteiger partial charge is 0.352 e. The van der Waals surface area contributed by atoms with E-state index in [-0.39, 0.29) is 11.6 Å². The number of aromatic amines is 1. The number of hydrogen-bond acceptors (Lipinski definition) is 2. The molecule has 1 fully saturated rings. The first kappa shape index (κ1) is 16.6. The molecule has 132 valence electrons. The summed E-state index contributed by atoms with van der Waals surface area (Å²) in [6.07, 6.45) is 0. The van der Waals surface area contributed by atoms with E-state index in [0.717, 1.165) is 10.9 Å². The van der Waals surface area contributed by atoms with Gasteiger partial charge in [0, 0.05) is 24.0 Å². The third-order valence-electron chi connectivity index (χ3n) is 4.49. The fourth-order valence-corrected chi connectivity index (χ4v) is 3.59. The van der Waals surface area contributed by atoms with Gasteiger partial charge in [-0.25, -0.2) is 4.39 Å². The number of nitrogens with zero attached hydrogens (tertiary/aromatic N) is 1. The number of benzene rings is 2. The number of para-hydroxylation sites is 1. The number of carbonyl (C=O) groups excluding carboxylic acids is 2. The second-order valence-electron chi connectivity index (χ2n) is 6.11. The molecular formula is C19H15ClFN3O2. The van der Waals surface area contributed by atoms with Gasteiger partial charge in [-0.05, 0) is 23.8 Å². The lowest BCUT2D eigenvalue weighted by Crippen LogP contribution is -2.52. The summed E-state index contributed by atoms with van der Waals surface area (Å²) < 4.78 is 13.6. The van der Waals surface area contributed by atoms with Crippen molar-refractivity contribution in [3.8, 4) is 0 Å². The number of halogens is 2. The zero-order chi connectivity index (χ0) is 18.3. The monoisotopic (exact) mass is 371 g/mol. The van der Waals surface area contributed by atoms with Gasteiger partial charge in [0.15, 0.2) is 0 Å².